The van der Waals surface area contributed by atoms with Crippen molar-refractivity contribution in [2.24, 2.45) is 0 Å². The summed E-state index contributed by atoms with van der Waals surface area (Å²) in [4.78, 5) is 11.6. The fraction of sp³-hybridized carbons (Fsp3) is 0.154. The summed E-state index contributed by atoms with van der Waals surface area (Å²) in [7, 11) is 1.58. The van der Waals surface area contributed by atoms with Gasteiger partial charge in [-0.3, -0.25) is 0 Å². The van der Waals surface area contributed by atoms with E-state index < -0.39 is 5.97 Å². The number of carbonyl (C=O) groups excluding carboxylic acids is 1. The maximum absolute atomic E-state index is 11.6. The van der Waals surface area contributed by atoms with E-state index in [1.807, 2.05) is 24.3 Å². The number of benzene rings is 1. The highest BCUT2D eigenvalue weighted by Crippen LogP contribution is 2.18. The van der Waals surface area contributed by atoms with Crippen LogP contribution in [0.2, 0.25) is 0 Å². The van der Waals surface area contributed by atoms with E-state index >= 15 is 0 Å². The van der Waals surface area contributed by atoms with E-state index in [0.29, 0.717) is 11.3 Å². The smallest absolute Gasteiger partial charge is 0.341 e. The van der Waals surface area contributed by atoms with Gasteiger partial charge in [0, 0.05) is 5.56 Å². The lowest BCUT2D eigenvalue weighted by molar-refractivity contribution is 0.0469. The van der Waals surface area contributed by atoms with Gasteiger partial charge in [0.1, 0.15) is 18.6 Å². The maximum atomic E-state index is 11.6. The van der Waals surface area contributed by atoms with Crippen LogP contribution in [0.5, 0.6) is 5.75 Å². The Hall–Kier alpha value is -2.23. The molecule has 2 rings (SSSR count). The first-order valence-electron chi connectivity index (χ1n) is 5.12. The minimum Gasteiger partial charge on any atom is -0.496 e. The van der Waals surface area contributed by atoms with Crippen molar-refractivity contribution in [2.75, 3.05) is 7.11 Å². The monoisotopic (exact) mass is 232 g/mol. The van der Waals surface area contributed by atoms with Gasteiger partial charge in [-0.25, -0.2) is 4.79 Å². The van der Waals surface area contributed by atoms with Gasteiger partial charge in [0.15, 0.2) is 0 Å². The number of carbonyl (C=O) groups is 1. The van der Waals surface area contributed by atoms with E-state index in [-0.39, 0.29) is 6.61 Å². The lowest BCUT2D eigenvalue weighted by atomic mass is 10.2. The van der Waals surface area contributed by atoms with Crippen molar-refractivity contribution in [3.63, 3.8) is 0 Å². The van der Waals surface area contributed by atoms with Crippen LogP contribution >= 0.6 is 0 Å². The van der Waals surface area contributed by atoms with Crippen LogP contribution in [-0.4, -0.2) is 13.1 Å². The third-order valence-corrected chi connectivity index (χ3v) is 2.31. The molecule has 0 N–H and O–H groups in total. The van der Waals surface area contributed by atoms with Gasteiger partial charge in [0.05, 0.1) is 18.9 Å². The highest BCUT2D eigenvalue weighted by Gasteiger charge is 2.10. The average molecular weight is 232 g/mol. The molecule has 4 nitrogen and oxygen atoms in total. The third kappa shape index (κ3) is 2.66. The molecule has 0 atom stereocenters. The lowest BCUT2D eigenvalue weighted by Gasteiger charge is -2.08. The molecule has 0 saturated carbocycles. The van der Waals surface area contributed by atoms with Crippen molar-refractivity contribution in [1.29, 1.82) is 0 Å². The fourth-order valence-electron chi connectivity index (χ4n) is 1.43. The molecule has 0 aliphatic heterocycles. The SMILES string of the molecule is COc1ccccc1COC(=O)c1ccoc1. The molecule has 1 aromatic heterocycles. The molecule has 0 aliphatic rings. The Kier molecular flexibility index (Phi) is 3.45. The summed E-state index contributed by atoms with van der Waals surface area (Å²) in [5.41, 5.74) is 1.23. The maximum Gasteiger partial charge on any atom is 0.341 e. The predicted octanol–water partition coefficient (Wildman–Crippen LogP) is 2.65. The highest BCUT2D eigenvalue weighted by molar-refractivity contribution is 5.88. The van der Waals surface area contributed by atoms with Crippen molar-refractivity contribution in [1.82, 2.24) is 0 Å². The Morgan fingerprint density at radius 3 is 2.82 bits per heavy atom. The van der Waals surface area contributed by atoms with Gasteiger partial charge in [0.2, 0.25) is 0 Å². The summed E-state index contributed by atoms with van der Waals surface area (Å²) in [6.45, 7) is 0.175. The Morgan fingerprint density at radius 2 is 2.12 bits per heavy atom. The Bertz CT molecular complexity index is 488. The standard InChI is InChI=1S/C13H12O4/c1-15-12-5-3-2-4-10(12)9-17-13(14)11-6-7-16-8-11/h2-8H,9H2,1H3. The van der Waals surface area contributed by atoms with Crippen LogP contribution < -0.4 is 4.74 Å². The van der Waals surface area contributed by atoms with Crippen LogP contribution in [0.3, 0.4) is 0 Å². The lowest BCUT2D eigenvalue weighted by Crippen LogP contribution is -2.04. The van der Waals surface area contributed by atoms with Crippen molar-refractivity contribution < 1.29 is 18.7 Å². The molecule has 1 aromatic carbocycles. The van der Waals surface area contributed by atoms with Crippen LogP contribution in [0, 0.1) is 0 Å². The van der Waals surface area contributed by atoms with Gasteiger partial charge in [-0.05, 0) is 12.1 Å². The van der Waals surface area contributed by atoms with Crippen LogP contribution in [0.4, 0.5) is 0 Å². The molecule has 0 bridgehead atoms. The van der Waals surface area contributed by atoms with Crippen LogP contribution in [0.15, 0.2) is 47.3 Å². The number of hydrogen-bond donors (Lipinski definition) is 0. The molecule has 0 radical (unpaired) electrons. The zero-order valence-electron chi connectivity index (χ0n) is 9.38. The van der Waals surface area contributed by atoms with Gasteiger partial charge in [-0.1, -0.05) is 18.2 Å². The molecule has 0 spiro atoms. The summed E-state index contributed by atoms with van der Waals surface area (Å²) < 4.78 is 15.1. The third-order valence-electron chi connectivity index (χ3n) is 2.31. The number of furan rings is 1. The van der Waals surface area contributed by atoms with E-state index in [9.17, 15) is 4.79 Å². The molecule has 17 heavy (non-hydrogen) atoms. The molecule has 0 saturated heterocycles. The van der Waals surface area contributed by atoms with Crippen molar-refractivity contribution in [3.8, 4) is 5.75 Å². The molecule has 0 fully saturated rings. The second-order valence-corrected chi connectivity index (χ2v) is 3.40. The summed E-state index contributed by atoms with van der Waals surface area (Å²) >= 11 is 0. The normalized spacial score (nSPS) is 9.94. The van der Waals surface area contributed by atoms with Crippen LogP contribution in [0.1, 0.15) is 15.9 Å². The zero-order valence-corrected chi connectivity index (χ0v) is 9.38. The molecular formula is C13H12O4. The first-order valence-corrected chi connectivity index (χ1v) is 5.12. The average Bonchev–Trinajstić information content (AvgIpc) is 2.90. The number of hydrogen-bond acceptors (Lipinski definition) is 4. The minimum absolute atomic E-state index is 0.175. The molecule has 4 heteroatoms. The number of ether oxygens (including phenoxy) is 2. The van der Waals surface area contributed by atoms with E-state index in [1.165, 1.54) is 12.5 Å². The molecular weight excluding hydrogens is 220 g/mol. The first-order chi connectivity index (χ1) is 8.31. The zero-order chi connectivity index (χ0) is 12.1. The second kappa shape index (κ2) is 5.21. The molecule has 88 valence electrons. The number of esters is 1. The van der Waals surface area contributed by atoms with E-state index in [1.54, 1.807) is 13.2 Å². The van der Waals surface area contributed by atoms with Gasteiger partial charge in [-0.15, -0.1) is 0 Å². The number of methoxy groups -OCH3 is 1. The summed E-state index contributed by atoms with van der Waals surface area (Å²) in [5, 5.41) is 0. The first kappa shape index (κ1) is 11.3. The van der Waals surface area contributed by atoms with Gasteiger partial charge < -0.3 is 13.9 Å². The largest absolute Gasteiger partial charge is 0.496 e. The quantitative estimate of drug-likeness (QED) is 0.760. The topological polar surface area (TPSA) is 48.7 Å². The van der Waals surface area contributed by atoms with Gasteiger partial charge >= 0.3 is 5.97 Å². The van der Waals surface area contributed by atoms with E-state index in [4.69, 9.17) is 13.9 Å². The minimum atomic E-state index is -0.412. The molecule has 0 amide bonds. The van der Waals surface area contributed by atoms with E-state index in [2.05, 4.69) is 0 Å². The summed E-state index contributed by atoms with van der Waals surface area (Å²) in [6.07, 6.45) is 2.78. The van der Waals surface area contributed by atoms with Crippen LogP contribution in [-0.2, 0) is 11.3 Å². The second-order valence-electron chi connectivity index (χ2n) is 3.40. The van der Waals surface area contributed by atoms with E-state index in [0.717, 1.165) is 5.56 Å². The number of rotatable bonds is 4. The molecule has 0 aliphatic carbocycles. The number of para-hydroxylation sites is 1. The molecule has 1 heterocycles. The Balaban J connectivity index is 2.00. The Labute approximate surface area is 98.8 Å². The molecule has 2 aromatic rings. The van der Waals surface area contributed by atoms with Crippen molar-refractivity contribution in [3.05, 3.63) is 54.0 Å². The van der Waals surface area contributed by atoms with Crippen molar-refractivity contribution >= 4 is 5.97 Å². The van der Waals surface area contributed by atoms with Crippen LogP contribution in [0.25, 0.3) is 0 Å². The summed E-state index contributed by atoms with van der Waals surface area (Å²) in [6, 6.07) is 8.96. The van der Waals surface area contributed by atoms with Gasteiger partial charge in [-0.2, -0.15) is 0 Å². The summed E-state index contributed by atoms with van der Waals surface area (Å²) in [5.74, 6) is 0.289. The Morgan fingerprint density at radius 1 is 1.29 bits per heavy atom. The fourth-order valence-corrected chi connectivity index (χ4v) is 1.43. The highest BCUT2D eigenvalue weighted by atomic mass is 16.5. The predicted molar refractivity (Wildman–Crippen MR) is 60.8 cm³/mol. The van der Waals surface area contributed by atoms with Gasteiger partial charge in [0.25, 0.3) is 0 Å². The van der Waals surface area contributed by atoms with Crippen molar-refractivity contribution in [2.45, 2.75) is 6.61 Å². The molecule has 0 unspecified atom stereocenters.